The van der Waals surface area contributed by atoms with Crippen molar-refractivity contribution in [3.63, 3.8) is 0 Å². The van der Waals surface area contributed by atoms with Crippen LogP contribution in [-0.2, 0) is 0 Å². The minimum absolute atomic E-state index is 0.101. The summed E-state index contributed by atoms with van der Waals surface area (Å²) in [6.45, 7) is 0.726. The van der Waals surface area contributed by atoms with E-state index in [9.17, 15) is 0 Å². The lowest BCUT2D eigenvalue weighted by Gasteiger charge is -2.17. The molecule has 28 heavy (non-hydrogen) atoms. The Kier molecular flexibility index (Phi) is 6.67. The molecule has 1 aromatic carbocycles. The molecular weight excluding hydrogens is 372 g/mol. The van der Waals surface area contributed by atoms with Gasteiger partial charge in [0.1, 0.15) is 5.71 Å². The molecule has 2 aliphatic rings. The molecule has 1 unspecified atom stereocenters. The van der Waals surface area contributed by atoms with Crippen molar-refractivity contribution >= 4 is 46.7 Å². The van der Waals surface area contributed by atoms with E-state index in [-0.39, 0.29) is 12.6 Å². The predicted molar refractivity (Wildman–Crippen MR) is 120 cm³/mol. The highest BCUT2D eigenvalue weighted by atomic mass is 32.1. The molecule has 146 valence electrons. The monoisotopic (exact) mass is 397 g/mol. The zero-order chi connectivity index (χ0) is 19.9. The average Bonchev–Trinajstić information content (AvgIpc) is 3.12. The Morgan fingerprint density at radius 2 is 2.21 bits per heavy atom. The number of anilines is 2. The third kappa shape index (κ3) is 4.90. The number of nitrogens with zero attached hydrogens (tertiary/aromatic N) is 4. The van der Waals surface area contributed by atoms with Gasteiger partial charge in [0.2, 0.25) is 0 Å². The lowest BCUT2D eigenvalue weighted by atomic mass is 10.0. The Hall–Kier alpha value is -2.84. The van der Waals surface area contributed by atoms with E-state index in [4.69, 9.17) is 17.3 Å². The van der Waals surface area contributed by atoms with Crippen LogP contribution in [0, 0.1) is 0 Å². The molecule has 0 radical (unpaired) electrons. The van der Waals surface area contributed by atoms with Crippen molar-refractivity contribution in [3.8, 4) is 0 Å². The quantitative estimate of drug-likeness (QED) is 0.224. The highest BCUT2D eigenvalue weighted by molar-refractivity contribution is 7.82. The molecule has 1 heterocycles. The number of thiocarbonyl (C=S) groups is 1. The van der Waals surface area contributed by atoms with Crippen LogP contribution in [0.4, 0.5) is 11.4 Å². The first-order valence-corrected chi connectivity index (χ1v) is 9.50. The fourth-order valence-electron chi connectivity index (χ4n) is 2.91. The third-order valence-corrected chi connectivity index (χ3v) is 4.97. The van der Waals surface area contributed by atoms with Gasteiger partial charge in [-0.3, -0.25) is 5.43 Å². The summed E-state index contributed by atoms with van der Waals surface area (Å²) in [6.07, 6.45) is 10.4. The van der Waals surface area contributed by atoms with Crippen molar-refractivity contribution in [2.24, 2.45) is 10.2 Å². The van der Waals surface area contributed by atoms with Crippen LogP contribution >= 0.6 is 12.2 Å². The van der Waals surface area contributed by atoms with E-state index in [1.54, 1.807) is 6.34 Å². The molecule has 3 N–H and O–H groups in total. The van der Waals surface area contributed by atoms with Crippen LogP contribution in [0.1, 0.15) is 6.42 Å². The first-order chi connectivity index (χ1) is 13.6. The van der Waals surface area contributed by atoms with Crippen LogP contribution in [-0.4, -0.2) is 66.1 Å². The van der Waals surface area contributed by atoms with Crippen LogP contribution in [0.3, 0.4) is 0 Å². The van der Waals surface area contributed by atoms with E-state index in [0.717, 1.165) is 27.5 Å². The molecule has 0 spiro atoms. The van der Waals surface area contributed by atoms with Crippen LogP contribution in [0.25, 0.3) is 0 Å². The number of benzene rings is 1. The number of hydrogen-bond donors (Lipinski definition) is 3. The van der Waals surface area contributed by atoms with E-state index in [2.05, 4.69) is 33.2 Å². The van der Waals surface area contributed by atoms with Crippen molar-refractivity contribution < 1.29 is 9.68 Å². The number of rotatable bonds is 6. The Balaban J connectivity index is 1.65. The number of fused-ring (bicyclic) bond motifs is 1. The summed E-state index contributed by atoms with van der Waals surface area (Å²) in [5.74, 6) is 0. The van der Waals surface area contributed by atoms with Crippen LogP contribution < -0.4 is 15.8 Å². The van der Waals surface area contributed by atoms with Gasteiger partial charge in [0.25, 0.3) is 0 Å². The van der Waals surface area contributed by atoms with Gasteiger partial charge in [0.05, 0.1) is 36.5 Å². The summed E-state index contributed by atoms with van der Waals surface area (Å²) in [5.41, 5.74) is 10.1. The maximum absolute atomic E-state index is 9.02. The number of hydrazone groups is 2. The Labute approximate surface area is 170 Å². The molecule has 1 aliphatic carbocycles. The lowest BCUT2D eigenvalue weighted by molar-refractivity contribution is -0.357. The summed E-state index contributed by atoms with van der Waals surface area (Å²) < 4.78 is 1.91. The van der Waals surface area contributed by atoms with Gasteiger partial charge in [0, 0.05) is 30.8 Å². The summed E-state index contributed by atoms with van der Waals surface area (Å²) in [4.78, 5) is 2.84. The van der Waals surface area contributed by atoms with E-state index in [1.807, 2.05) is 60.1 Å². The lowest BCUT2D eigenvalue weighted by Crippen LogP contribution is -2.26. The molecule has 7 nitrogen and oxygen atoms in total. The summed E-state index contributed by atoms with van der Waals surface area (Å²) >= 11 is 5.57. The van der Waals surface area contributed by atoms with Crippen molar-refractivity contribution in [1.29, 1.82) is 0 Å². The topological polar surface area (TPSA) is 75.3 Å². The Morgan fingerprint density at radius 1 is 1.43 bits per heavy atom. The SMILES string of the molecule is CN(CCO)c1ccc(N/N=C/[N+](C)=C2C=CC3NN=C/C3=C/CC2=S)cc1. The van der Waals surface area contributed by atoms with E-state index >= 15 is 0 Å². The molecule has 0 aromatic heterocycles. The molecule has 0 bridgehead atoms. The minimum Gasteiger partial charge on any atom is -0.395 e. The number of hydrogen-bond acceptors (Lipinski definition) is 7. The second-order valence-electron chi connectivity index (χ2n) is 6.60. The number of likely N-dealkylation sites (N-methyl/N-ethyl adjacent to an activating group) is 1. The Bertz CT molecular complexity index is 869. The smallest absolute Gasteiger partial charge is 0.312 e. The molecule has 0 fully saturated rings. The fraction of sp³-hybridized carbons (Fsp3) is 0.300. The van der Waals surface area contributed by atoms with Gasteiger partial charge < -0.3 is 10.0 Å². The van der Waals surface area contributed by atoms with E-state index in [1.165, 1.54) is 0 Å². The van der Waals surface area contributed by atoms with Gasteiger partial charge in [0.15, 0.2) is 0 Å². The number of allylic oxidation sites excluding steroid dienone is 2. The number of aliphatic hydroxyl groups is 1. The van der Waals surface area contributed by atoms with Crippen molar-refractivity contribution in [3.05, 3.63) is 48.1 Å². The minimum atomic E-state index is 0.101. The molecule has 0 saturated heterocycles. The van der Waals surface area contributed by atoms with Crippen molar-refractivity contribution in [1.82, 2.24) is 5.43 Å². The first kappa shape index (κ1) is 19.9. The van der Waals surface area contributed by atoms with Crippen molar-refractivity contribution in [2.45, 2.75) is 12.5 Å². The van der Waals surface area contributed by atoms with Gasteiger partial charge in [-0.1, -0.05) is 24.4 Å². The van der Waals surface area contributed by atoms with Crippen molar-refractivity contribution in [2.75, 3.05) is 37.6 Å². The average molecular weight is 398 g/mol. The molecule has 8 heteroatoms. The zero-order valence-electron chi connectivity index (χ0n) is 16.0. The zero-order valence-corrected chi connectivity index (χ0v) is 16.9. The first-order valence-electron chi connectivity index (χ1n) is 9.09. The van der Waals surface area contributed by atoms with E-state index < -0.39 is 0 Å². The second-order valence-corrected chi connectivity index (χ2v) is 7.09. The highest BCUT2D eigenvalue weighted by Gasteiger charge is 2.19. The Morgan fingerprint density at radius 3 is 2.96 bits per heavy atom. The van der Waals surface area contributed by atoms with Crippen LogP contribution in [0.15, 0.2) is 58.3 Å². The van der Waals surface area contributed by atoms with Gasteiger partial charge in [-0.25, -0.2) is 4.58 Å². The van der Waals surface area contributed by atoms with Gasteiger partial charge in [-0.05, 0) is 35.9 Å². The predicted octanol–water partition coefficient (Wildman–Crippen LogP) is 1.77. The largest absolute Gasteiger partial charge is 0.395 e. The third-order valence-electron chi connectivity index (χ3n) is 4.59. The molecule has 0 amide bonds. The van der Waals surface area contributed by atoms with Gasteiger partial charge in [-0.2, -0.15) is 10.5 Å². The molecule has 1 aromatic rings. The molecule has 1 aliphatic heterocycles. The summed E-state index contributed by atoms with van der Waals surface area (Å²) in [6, 6.07) is 7.97. The number of aliphatic hydroxyl groups excluding tert-OH is 1. The van der Waals surface area contributed by atoms with Gasteiger partial charge >= 0.3 is 6.34 Å². The summed E-state index contributed by atoms with van der Waals surface area (Å²) in [7, 11) is 3.87. The maximum Gasteiger partial charge on any atom is 0.312 e. The normalized spacial score (nSPS) is 22.2. The molecule has 0 saturated carbocycles. The van der Waals surface area contributed by atoms with Crippen LogP contribution in [0.2, 0.25) is 0 Å². The molecular formula is C20H25N6OS+. The van der Waals surface area contributed by atoms with Gasteiger partial charge in [-0.15, -0.1) is 0 Å². The summed E-state index contributed by atoms with van der Waals surface area (Å²) in [5, 5.41) is 17.4. The number of nitrogens with one attached hydrogen (secondary N) is 2. The maximum atomic E-state index is 9.02. The molecule has 3 rings (SSSR count). The highest BCUT2D eigenvalue weighted by Crippen LogP contribution is 2.16. The second kappa shape index (κ2) is 9.38. The van der Waals surface area contributed by atoms with Crippen LogP contribution in [0.5, 0.6) is 0 Å². The fourth-order valence-corrected chi connectivity index (χ4v) is 3.21. The standard InChI is InChI=1S/C20H24N6OS/c1-25(11-12-27)17-6-4-16(5-7-17)23-22-14-26(2)19-9-8-18-15(13-21-24-18)3-10-20(19)28/h3-9,13-14,18,24,27H,10-12H2,1-2H3/p+1/b9-8?,15-3-. The molecule has 1 atom stereocenters. The van der Waals surface area contributed by atoms with E-state index in [0.29, 0.717) is 13.0 Å².